The molecular formula is C24H21F4N3O. The average molecular weight is 443 g/mol. The summed E-state index contributed by atoms with van der Waals surface area (Å²) in [5.41, 5.74) is 1.61. The van der Waals surface area contributed by atoms with Crippen LogP contribution in [0, 0.1) is 23.3 Å². The zero-order valence-corrected chi connectivity index (χ0v) is 17.1. The number of carbonyl (C=O) groups excluding carboxylic acids is 1. The largest absolute Gasteiger partial charge is 0.322 e. The molecule has 1 aliphatic heterocycles. The zero-order valence-electron chi connectivity index (χ0n) is 17.1. The summed E-state index contributed by atoms with van der Waals surface area (Å²) in [4.78, 5) is 16.2. The molecule has 8 heteroatoms. The second kappa shape index (κ2) is 9.40. The van der Waals surface area contributed by atoms with E-state index in [-0.39, 0.29) is 23.4 Å². The van der Waals surface area contributed by atoms with Gasteiger partial charge in [-0.2, -0.15) is 0 Å². The lowest BCUT2D eigenvalue weighted by Gasteiger charge is -2.39. The fourth-order valence-corrected chi connectivity index (χ4v) is 3.87. The van der Waals surface area contributed by atoms with E-state index >= 15 is 0 Å². The number of anilines is 1. The third-order valence-electron chi connectivity index (χ3n) is 5.51. The molecule has 0 saturated carbocycles. The maximum absolute atomic E-state index is 13.8. The van der Waals surface area contributed by atoms with Gasteiger partial charge >= 0.3 is 6.03 Å². The molecule has 4 nitrogen and oxygen atoms in total. The first-order valence-corrected chi connectivity index (χ1v) is 10.2. The van der Waals surface area contributed by atoms with Crippen molar-refractivity contribution in [2.75, 3.05) is 31.5 Å². The Kier molecular flexibility index (Phi) is 6.41. The quantitative estimate of drug-likeness (QED) is 0.564. The number of rotatable bonds is 4. The van der Waals surface area contributed by atoms with Crippen molar-refractivity contribution < 1.29 is 22.4 Å². The van der Waals surface area contributed by atoms with Gasteiger partial charge in [-0.25, -0.2) is 22.4 Å². The molecule has 1 saturated heterocycles. The summed E-state index contributed by atoms with van der Waals surface area (Å²) in [6.45, 7) is 1.73. The fourth-order valence-electron chi connectivity index (χ4n) is 3.87. The Morgan fingerprint density at radius 3 is 1.72 bits per heavy atom. The number of nitrogens with one attached hydrogen (secondary N) is 1. The van der Waals surface area contributed by atoms with Crippen LogP contribution in [0.4, 0.5) is 28.0 Å². The molecule has 1 N–H and O–H groups in total. The van der Waals surface area contributed by atoms with Crippen molar-refractivity contribution >= 4 is 11.7 Å². The Balaban J connectivity index is 1.47. The number of urea groups is 1. The van der Waals surface area contributed by atoms with Crippen molar-refractivity contribution in [1.82, 2.24) is 9.80 Å². The van der Waals surface area contributed by atoms with E-state index in [0.717, 1.165) is 17.2 Å². The lowest BCUT2D eigenvalue weighted by Crippen LogP contribution is -2.51. The van der Waals surface area contributed by atoms with Crippen LogP contribution < -0.4 is 5.32 Å². The van der Waals surface area contributed by atoms with Crippen molar-refractivity contribution in [3.63, 3.8) is 0 Å². The Hall–Kier alpha value is -3.39. The minimum absolute atomic E-state index is 0.0886. The summed E-state index contributed by atoms with van der Waals surface area (Å²) < 4.78 is 53.8. The summed E-state index contributed by atoms with van der Waals surface area (Å²) in [5, 5.41) is 2.47. The average Bonchev–Trinajstić information content (AvgIpc) is 2.79. The van der Waals surface area contributed by atoms with Gasteiger partial charge in [-0.3, -0.25) is 4.90 Å². The number of halogens is 4. The zero-order chi connectivity index (χ0) is 22.7. The van der Waals surface area contributed by atoms with Gasteiger partial charge in [0.05, 0.1) is 11.7 Å². The van der Waals surface area contributed by atoms with Crippen molar-refractivity contribution in [1.29, 1.82) is 0 Å². The standard InChI is InChI=1S/C24H21F4N3O/c25-18-5-1-16(2-6-18)23(17-3-7-19(26)8-4-17)30-11-13-31(14-12-30)24(32)29-22-10-9-20(27)15-21(22)28/h1-10,15,23H,11-14H2,(H,29,32). The number of hydrogen-bond acceptors (Lipinski definition) is 2. The third-order valence-corrected chi connectivity index (χ3v) is 5.51. The van der Waals surface area contributed by atoms with E-state index in [2.05, 4.69) is 10.2 Å². The van der Waals surface area contributed by atoms with E-state index in [1.807, 2.05) is 0 Å². The van der Waals surface area contributed by atoms with Crippen LogP contribution >= 0.6 is 0 Å². The maximum Gasteiger partial charge on any atom is 0.322 e. The number of benzene rings is 3. The van der Waals surface area contributed by atoms with E-state index in [0.29, 0.717) is 32.2 Å². The van der Waals surface area contributed by atoms with Gasteiger partial charge in [-0.05, 0) is 47.5 Å². The van der Waals surface area contributed by atoms with Crippen LogP contribution in [-0.2, 0) is 0 Å². The highest BCUT2D eigenvalue weighted by atomic mass is 19.1. The van der Waals surface area contributed by atoms with Gasteiger partial charge in [0.15, 0.2) is 0 Å². The predicted molar refractivity (Wildman–Crippen MR) is 113 cm³/mol. The monoisotopic (exact) mass is 443 g/mol. The number of piperazine rings is 1. The molecule has 3 aromatic carbocycles. The highest BCUT2D eigenvalue weighted by molar-refractivity contribution is 5.89. The van der Waals surface area contributed by atoms with Crippen LogP contribution in [0.25, 0.3) is 0 Å². The first-order chi connectivity index (χ1) is 15.4. The highest BCUT2D eigenvalue weighted by Gasteiger charge is 2.28. The fraction of sp³-hybridized carbons (Fsp3) is 0.208. The van der Waals surface area contributed by atoms with Gasteiger partial charge in [0.25, 0.3) is 0 Å². The summed E-state index contributed by atoms with van der Waals surface area (Å²) in [6.07, 6.45) is 0. The normalized spacial score (nSPS) is 14.6. The predicted octanol–water partition coefficient (Wildman–Crippen LogP) is 5.18. The molecule has 2 amide bonds. The van der Waals surface area contributed by atoms with Crippen LogP contribution in [0.15, 0.2) is 66.7 Å². The summed E-state index contributed by atoms with van der Waals surface area (Å²) in [6, 6.07) is 14.6. The molecule has 0 spiro atoms. The Morgan fingerprint density at radius 2 is 1.22 bits per heavy atom. The van der Waals surface area contributed by atoms with Crippen molar-refractivity contribution in [3.8, 4) is 0 Å². The molecule has 1 fully saturated rings. The number of hydrogen-bond donors (Lipinski definition) is 1. The second-order valence-electron chi connectivity index (χ2n) is 7.58. The Bertz CT molecular complexity index is 1040. The molecule has 0 bridgehead atoms. The molecule has 0 aromatic heterocycles. The third kappa shape index (κ3) is 4.91. The maximum atomic E-state index is 13.8. The molecule has 166 valence electrons. The van der Waals surface area contributed by atoms with E-state index in [1.54, 1.807) is 29.2 Å². The van der Waals surface area contributed by atoms with Gasteiger partial charge in [-0.15, -0.1) is 0 Å². The second-order valence-corrected chi connectivity index (χ2v) is 7.58. The SMILES string of the molecule is O=C(Nc1ccc(F)cc1F)N1CCN(C(c2ccc(F)cc2)c2ccc(F)cc2)CC1. The molecular weight excluding hydrogens is 422 g/mol. The summed E-state index contributed by atoms with van der Waals surface area (Å²) >= 11 is 0. The van der Waals surface area contributed by atoms with Gasteiger partial charge in [0.2, 0.25) is 0 Å². The van der Waals surface area contributed by atoms with E-state index in [1.165, 1.54) is 30.3 Å². The molecule has 4 rings (SSSR count). The molecule has 0 unspecified atom stereocenters. The molecule has 1 aliphatic rings. The topological polar surface area (TPSA) is 35.6 Å². The lowest BCUT2D eigenvalue weighted by molar-refractivity contribution is 0.126. The van der Waals surface area contributed by atoms with E-state index < -0.39 is 17.7 Å². The first-order valence-electron chi connectivity index (χ1n) is 10.2. The molecule has 0 aliphatic carbocycles. The Morgan fingerprint density at radius 1 is 0.719 bits per heavy atom. The highest BCUT2D eigenvalue weighted by Crippen LogP contribution is 2.30. The number of carbonyl (C=O) groups is 1. The summed E-state index contributed by atoms with van der Waals surface area (Å²) in [5.74, 6) is -2.26. The minimum Gasteiger partial charge on any atom is -0.322 e. The van der Waals surface area contributed by atoms with Gasteiger partial charge < -0.3 is 10.2 Å². The first kappa shape index (κ1) is 21.8. The summed E-state index contributed by atoms with van der Waals surface area (Å²) in [7, 11) is 0. The minimum atomic E-state index is -0.843. The van der Waals surface area contributed by atoms with Crippen LogP contribution in [-0.4, -0.2) is 42.0 Å². The van der Waals surface area contributed by atoms with Crippen molar-refractivity contribution in [3.05, 3.63) is 101 Å². The molecule has 0 atom stereocenters. The molecule has 3 aromatic rings. The van der Waals surface area contributed by atoms with E-state index in [4.69, 9.17) is 0 Å². The molecule has 0 radical (unpaired) electrons. The lowest BCUT2D eigenvalue weighted by atomic mass is 9.96. The molecule has 32 heavy (non-hydrogen) atoms. The van der Waals surface area contributed by atoms with Gasteiger partial charge in [-0.1, -0.05) is 24.3 Å². The van der Waals surface area contributed by atoms with E-state index in [9.17, 15) is 22.4 Å². The number of amides is 2. The van der Waals surface area contributed by atoms with Gasteiger partial charge in [0.1, 0.15) is 23.3 Å². The van der Waals surface area contributed by atoms with Crippen LogP contribution in [0.2, 0.25) is 0 Å². The Labute approximate surface area is 183 Å². The smallest absolute Gasteiger partial charge is 0.322 e. The van der Waals surface area contributed by atoms with Crippen molar-refractivity contribution in [2.24, 2.45) is 0 Å². The number of nitrogens with zero attached hydrogens (tertiary/aromatic N) is 2. The van der Waals surface area contributed by atoms with Crippen molar-refractivity contribution in [2.45, 2.75) is 6.04 Å². The molecule has 1 heterocycles. The van der Waals surface area contributed by atoms with Crippen LogP contribution in [0.3, 0.4) is 0 Å². The van der Waals surface area contributed by atoms with Gasteiger partial charge in [0, 0.05) is 32.2 Å². The van der Waals surface area contributed by atoms with Crippen LogP contribution in [0.5, 0.6) is 0 Å². The van der Waals surface area contributed by atoms with Crippen LogP contribution in [0.1, 0.15) is 17.2 Å².